The van der Waals surface area contributed by atoms with Gasteiger partial charge in [0.15, 0.2) is 0 Å². The van der Waals surface area contributed by atoms with Crippen molar-refractivity contribution in [2.75, 3.05) is 13.6 Å². The monoisotopic (exact) mass is 475 g/mol. The highest BCUT2D eigenvalue weighted by molar-refractivity contribution is 5.92. The number of carbonyl (C=O) groups is 1. The van der Waals surface area contributed by atoms with Gasteiger partial charge in [0.25, 0.3) is 0 Å². The van der Waals surface area contributed by atoms with E-state index in [1.807, 2.05) is 0 Å². The number of hydrogen-bond donors (Lipinski definition) is 0. The fourth-order valence-electron chi connectivity index (χ4n) is 1.60. The van der Waals surface area contributed by atoms with E-state index in [-0.39, 0.29) is 4.90 Å². The van der Waals surface area contributed by atoms with Crippen molar-refractivity contribution in [1.82, 2.24) is 4.90 Å². The van der Waals surface area contributed by atoms with Gasteiger partial charge in [0, 0.05) is 12.6 Å². The highest BCUT2D eigenvalue weighted by Crippen LogP contribution is 2.60. The molecule has 0 bridgehead atoms. The van der Waals surface area contributed by atoms with Gasteiger partial charge in [-0.2, -0.15) is 57.1 Å². The van der Waals surface area contributed by atoms with Crippen molar-refractivity contribution in [3.8, 4) is 0 Å². The average Bonchev–Trinajstić information content (AvgIpc) is 2.52. The van der Waals surface area contributed by atoms with Crippen molar-refractivity contribution in [2.45, 2.75) is 63.0 Å². The predicted octanol–water partition coefficient (Wildman–Crippen LogP) is 6.18. The molecule has 0 atom stereocenters. The van der Waals surface area contributed by atoms with Crippen LogP contribution in [0.3, 0.4) is 0 Å². The summed E-state index contributed by atoms with van der Waals surface area (Å²) < 4.78 is 167. The Hall–Kier alpha value is -1.70. The summed E-state index contributed by atoms with van der Waals surface area (Å²) >= 11 is 0. The maximum absolute atomic E-state index is 13.5. The predicted molar refractivity (Wildman–Crippen MR) is 79.2 cm³/mol. The summed E-state index contributed by atoms with van der Waals surface area (Å²) in [5.74, 6) is -38.9. The van der Waals surface area contributed by atoms with E-state index in [9.17, 15) is 61.9 Å². The van der Waals surface area contributed by atoms with Crippen LogP contribution < -0.4 is 0 Å². The minimum Gasteiger partial charge on any atom is -0.336 e. The van der Waals surface area contributed by atoms with Gasteiger partial charge in [0.1, 0.15) is 0 Å². The van der Waals surface area contributed by atoms with E-state index >= 15 is 0 Å². The molecule has 0 fully saturated rings. The van der Waals surface area contributed by atoms with Gasteiger partial charge in [0.2, 0.25) is 5.91 Å². The molecule has 0 saturated heterocycles. The summed E-state index contributed by atoms with van der Waals surface area (Å²) in [6, 6.07) is 0. The Morgan fingerprint density at radius 2 is 1.03 bits per heavy atom. The molecule has 0 N–H and O–H groups in total. The number of carbonyl (C=O) groups excluding carboxylic acids is 1. The maximum Gasteiger partial charge on any atom is 0.460 e. The Balaban J connectivity index is 0. The molecule has 0 spiro atoms. The van der Waals surface area contributed by atoms with Crippen LogP contribution in [0.25, 0.3) is 0 Å². The largest absolute Gasteiger partial charge is 0.460 e. The fraction of sp³-hybridized carbons (Fsp3) is 0.800. The first-order valence-corrected chi connectivity index (χ1v) is 7.77. The summed E-state index contributed by atoms with van der Waals surface area (Å²) in [7, 11) is 0.321. The number of rotatable bonds is 7. The van der Waals surface area contributed by atoms with Crippen molar-refractivity contribution in [1.29, 1.82) is 0 Å². The van der Waals surface area contributed by atoms with E-state index in [1.165, 1.54) is 6.42 Å². The first-order chi connectivity index (χ1) is 12.9. The zero-order valence-corrected chi connectivity index (χ0v) is 15.9. The molecular weight excluding hydrogens is 457 g/mol. The van der Waals surface area contributed by atoms with Gasteiger partial charge in [-0.25, -0.2) is 0 Å². The second kappa shape index (κ2) is 9.20. The summed E-state index contributed by atoms with van der Waals surface area (Å²) in [5.41, 5.74) is -0.586. The molecule has 0 aliphatic heterocycles. The molecular formula is C15H18F13NO. The van der Waals surface area contributed by atoms with Crippen molar-refractivity contribution in [2.24, 2.45) is 0 Å². The second-order valence-electron chi connectivity index (χ2n) is 6.15. The summed E-state index contributed by atoms with van der Waals surface area (Å²) in [6.07, 6.45) is -6.21. The van der Waals surface area contributed by atoms with E-state index in [0.29, 0.717) is 7.05 Å². The van der Waals surface area contributed by atoms with Crippen molar-refractivity contribution >= 4 is 5.91 Å². The van der Waals surface area contributed by atoms with Crippen LogP contribution in [0.5, 0.6) is 0 Å². The SMILES string of the molecule is C=C(C)C(=O)N(C)CC(F)(F)C(F)(F)C(F)(F)C(F)(F)C(F)(F)C(F)(F)F.CCC. The second-order valence-corrected chi connectivity index (χ2v) is 6.15. The van der Waals surface area contributed by atoms with Crippen molar-refractivity contribution < 1.29 is 61.9 Å². The lowest BCUT2D eigenvalue weighted by atomic mass is 9.93. The summed E-state index contributed by atoms with van der Waals surface area (Å²) in [5, 5.41) is 0. The Morgan fingerprint density at radius 3 is 1.30 bits per heavy atom. The molecule has 0 saturated carbocycles. The smallest absolute Gasteiger partial charge is 0.336 e. The van der Waals surface area contributed by atoms with Crippen LogP contribution in [0.1, 0.15) is 27.2 Å². The summed E-state index contributed by atoms with van der Waals surface area (Å²) in [6.45, 7) is 5.30. The molecule has 0 heterocycles. The third kappa shape index (κ3) is 5.31. The third-order valence-electron chi connectivity index (χ3n) is 3.15. The minimum absolute atomic E-state index is 0.321. The molecule has 2 nitrogen and oxygen atoms in total. The highest BCUT2D eigenvalue weighted by atomic mass is 19.4. The lowest BCUT2D eigenvalue weighted by Crippen LogP contribution is -2.71. The van der Waals surface area contributed by atoms with Crippen LogP contribution in [-0.2, 0) is 4.79 Å². The van der Waals surface area contributed by atoms with Crippen LogP contribution in [0, 0.1) is 0 Å². The lowest BCUT2D eigenvalue weighted by molar-refractivity contribution is -0.439. The number of alkyl halides is 13. The fourth-order valence-corrected chi connectivity index (χ4v) is 1.60. The van der Waals surface area contributed by atoms with E-state index in [1.54, 1.807) is 0 Å². The molecule has 0 aliphatic rings. The molecule has 0 aromatic carbocycles. The standard InChI is InChI=1S/C12H10F13NO.C3H8/c1-5(2)6(27)26(3)4-7(13,14)8(15,16)9(17,18)10(19,20)11(21,22)12(23,24)25;1-3-2/h1,4H2,2-3H3;3H2,1-2H3. The Morgan fingerprint density at radius 1 is 0.733 bits per heavy atom. The van der Waals surface area contributed by atoms with Gasteiger partial charge in [0.05, 0.1) is 6.54 Å². The Bertz CT molecular complexity index is 610. The normalized spacial score (nSPS) is 14.0. The average molecular weight is 475 g/mol. The molecule has 0 aromatic heterocycles. The summed E-state index contributed by atoms with van der Waals surface area (Å²) in [4.78, 5) is 10.8. The number of halogens is 13. The van der Waals surface area contributed by atoms with Gasteiger partial charge in [-0.1, -0.05) is 26.8 Å². The van der Waals surface area contributed by atoms with Gasteiger partial charge in [-0.3, -0.25) is 4.79 Å². The Kier molecular flexibility index (Phi) is 9.35. The zero-order chi connectivity index (χ0) is 25.1. The zero-order valence-electron chi connectivity index (χ0n) is 15.9. The molecule has 30 heavy (non-hydrogen) atoms. The lowest BCUT2D eigenvalue weighted by Gasteiger charge is -2.40. The molecule has 0 aliphatic carbocycles. The molecule has 0 aromatic rings. The van der Waals surface area contributed by atoms with Crippen LogP contribution in [-0.4, -0.2) is 60.2 Å². The first kappa shape index (κ1) is 30.5. The molecule has 0 rings (SSSR count). The number of nitrogens with zero attached hydrogens (tertiary/aromatic N) is 1. The maximum atomic E-state index is 13.5. The quantitative estimate of drug-likeness (QED) is 0.318. The van der Waals surface area contributed by atoms with Gasteiger partial charge < -0.3 is 4.90 Å². The number of hydrogen-bond acceptors (Lipinski definition) is 1. The van der Waals surface area contributed by atoms with Gasteiger partial charge in [-0.15, -0.1) is 0 Å². The van der Waals surface area contributed by atoms with E-state index in [2.05, 4.69) is 20.4 Å². The van der Waals surface area contributed by atoms with Crippen molar-refractivity contribution in [3.05, 3.63) is 12.2 Å². The van der Waals surface area contributed by atoms with E-state index < -0.39 is 53.8 Å². The van der Waals surface area contributed by atoms with Crippen LogP contribution in [0.2, 0.25) is 0 Å². The molecule has 15 heteroatoms. The first-order valence-electron chi connectivity index (χ1n) is 7.77. The topological polar surface area (TPSA) is 20.3 Å². The van der Waals surface area contributed by atoms with E-state index in [4.69, 9.17) is 0 Å². The van der Waals surface area contributed by atoms with Crippen LogP contribution >= 0.6 is 0 Å². The van der Waals surface area contributed by atoms with Crippen LogP contribution in [0.15, 0.2) is 12.2 Å². The highest BCUT2D eigenvalue weighted by Gasteiger charge is 2.90. The van der Waals surface area contributed by atoms with Gasteiger partial charge >= 0.3 is 35.8 Å². The molecule has 0 unspecified atom stereocenters. The molecule has 1 amide bonds. The van der Waals surface area contributed by atoms with Crippen LogP contribution in [0.4, 0.5) is 57.1 Å². The van der Waals surface area contributed by atoms with E-state index in [0.717, 1.165) is 6.92 Å². The number of likely N-dealkylation sites (N-methyl/N-ethyl adjacent to an activating group) is 1. The molecule has 180 valence electrons. The van der Waals surface area contributed by atoms with Crippen molar-refractivity contribution in [3.63, 3.8) is 0 Å². The molecule has 0 radical (unpaired) electrons. The van der Waals surface area contributed by atoms with Gasteiger partial charge in [-0.05, 0) is 6.92 Å². The number of amides is 1. The Labute approximate surface area is 162 Å². The third-order valence-corrected chi connectivity index (χ3v) is 3.15. The minimum atomic E-state index is -7.96.